The van der Waals surface area contributed by atoms with Crippen molar-refractivity contribution in [3.8, 4) is 0 Å². The fraction of sp³-hybridized carbons (Fsp3) is 0.190. The molecular weight excluding hydrogens is 385 g/mol. The maximum absolute atomic E-state index is 13.3. The summed E-state index contributed by atoms with van der Waals surface area (Å²) in [6.07, 6.45) is 0.867. The van der Waals surface area contributed by atoms with Crippen molar-refractivity contribution in [1.29, 1.82) is 0 Å². The Bertz CT molecular complexity index is 964. The van der Waals surface area contributed by atoms with Crippen LogP contribution in [0.25, 0.3) is 0 Å². The number of thiophene rings is 1. The fourth-order valence-corrected chi connectivity index (χ4v) is 4.87. The van der Waals surface area contributed by atoms with Gasteiger partial charge in [0.1, 0.15) is 0 Å². The number of aryl methyl sites for hydroxylation is 1. The molecule has 0 saturated heterocycles. The molecule has 1 amide bonds. The number of hydrogen-bond donors (Lipinski definition) is 0. The van der Waals surface area contributed by atoms with Gasteiger partial charge < -0.3 is 4.90 Å². The summed E-state index contributed by atoms with van der Waals surface area (Å²) in [6.45, 7) is 2.69. The van der Waals surface area contributed by atoms with Crippen molar-refractivity contribution in [2.24, 2.45) is 0 Å². The molecule has 0 fully saturated rings. The Morgan fingerprint density at radius 1 is 1.08 bits per heavy atom. The van der Waals surface area contributed by atoms with Crippen LogP contribution in [0.15, 0.2) is 53.9 Å². The van der Waals surface area contributed by atoms with E-state index in [-0.39, 0.29) is 11.9 Å². The maximum atomic E-state index is 13.3. The number of halogens is 2. The molecule has 0 spiro atoms. The number of benzene rings is 2. The second kappa shape index (κ2) is 7.07. The van der Waals surface area contributed by atoms with E-state index >= 15 is 0 Å². The molecule has 2 heterocycles. The molecule has 0 bridgehead atoms. The minimum absolute atomic E-state index is 0.0258. The van der Waals surface area contributed by atoms with E-state index in [4.69, 9.17) is 23.2 Å². The van der Waals surface area contributed by atoms with Gasteiger partial charge in [-0.3, -0.25) is 4.79 Å². The molecule has 0 radical (unpaired) electrons. The average molecular weight is 402 g/mol. The largest absolute Gasteiger partial charge is 0.327 e. The number of hydrogen-bond acceptors (Lipinski definition) is 2. The van der Waals surface area contributed by atoms with Crippen LogP contribution < -0.4 is 0 Å². The van der Waals surface area contributed by atoms with Crippen molar-refractivity contribution in [1.82, 2.24) is 4.90 Å². The van der Waals surface area contributed by atoms with Crippen LogP contribution in [0.4, 0.5) is 0 Å². The van der Waals surface area contributed by atoms with Crippen LogP contribution >= 0.6 is 34.5 Å². The zero-order chi connectivity index (χ0) is 18.3. The first-order valence-corrected chi connectivity index (χ1v) is 10.1. The van der Waals surface area contributed by atoms with Crippen molar-refractivity contribution >= 4 is 40.4 Å². The number of rotatable bonds is 2. The third-order valence-electron chi connectivity index (χ3n) is 4.78. The topological polar surface area (TPSA) is 20.3 Å². The number of fused-ring (bicyclic) bond motifs is 1. The van der Waals surface area contributed by atoms with Crippen molar-refractivity contribution in [2.75, 3.05) is 6.54 Å². The summed E-state index contributed by atoms with van der Waals surface area (Å²) >= 11 is 14.3. The molecule has 5 heteroatoms. The second-order valence-electron chi connectivity index (χ2n) is 6.48. The highest BCUT2D eigenvalue weighted by Gasteiger charge is 2.34. The lowest BCUT2D eigenvalue weighted by Gasteiger charge is -2.37. The molecule has 0 aliphatic carbocycles. The molecular formula is C21H17Cl2NOS. The van der Waals surface area contributed by atoms with E-state index in [1.807, 2.05) is 48.2 Å². The van der Waals surface area contributed by atoms with Gasteiger partial charge in [-0.15, -0.1) is 11.3 Å². The van der Waals surface area contributed by atoms with Gasteiger partial charge in [-0.2, -0.15) is 0 Å². The van der Waals surface area contributed by atoms with E-state index in [2.05, 4.69) is 11.4 Å². The fourth-order valence-electron chi connectivity index (χ4n) is 3.46. The van der Waals surface area contributed by atoms with Crippen LogP contribution in [0.3, 0.4) is 0 Å². The lowest BCUT2D eigenvalue weighted by atomic mass is 9.92. The molecule has 0 saturated carbocycles. The van der Waals surface area contributed by atoms with Crippen LogP contribution in [0.1, 0.15) is 38.0 Å². The number of nitrogens with zero attached hydrogens (tertiary/aromatic N) is 1. The van der Waals surface area contributed by atoms with Gasteiger partial charge in [-0.05, 0) is 60.2 Å². The van der Waals surface area contributed by atoms with Crippen molar-refractivity contribution < 1.29 is 4.79 Å². The molecule has 2 aromatic carbocycles. The van der Waals surface area contributed by atoms with Crippen molar-refractivity contribution in [3.05, 3.63) is 91.1 Å². The molecule has 0 unspecified atom stereocenters. The molecule has 2 nitrogen and oxygen atoms in total. The SMILES string of the molecule is Cc1ccc(C(=O)N2CCc3sccc3[C@H]2c2ccc(Cl)cc2Cl)cc1. The van der Waals surface area contributed by atoms with E-state index in [0.717, 1.165) is 23.1 Å². The predicted octanol–water partition coefficient (Wildman–Crippen LogP) is 6.15. The Kier molecular flexibility index (Phi) is 4.78. The molecule has 3 aromatic rings. The van der Waals surface area contributed by atoms with Gasteiger partial charge in [0.15, 0.2) is 0 Å². The minimum atomic E-state index is -0.191. The summed E-state index contributed by atoms with van der Waals surface area (Å²) in [5, 5.41) is 3.27. The van der Waals surface area contributed by atoms with Gasteiger partial charge in [0, 0.05) is 27.0 Å². The summed E-state index contributed by atoms with van der Waals surface area (Å²) < 4.78 is 0. The van der Waals surface area contributed by atoms with Crippen LogP contribution in [-0.2, 0) is 6.42 Å². The zero-order valence-corrected chi connectivity index (χ0v) is 16.5. The standard InChI is InChI=1S/C21H17Cl2NOS/c1-13-2-4-14(5-3-13)21(25)24-10-8-19-17(9-11-26-19)20(24)16-7-6-15(22)12-18(16)23/h2-7,9,11-12,20H,8,10H2,1H3/t20-/m1/s1. The highest BCUT2D eigenvalue weighted by atomic mass is 35.5. The van der Waals surface area contributed by atoms with Gasteiger partial charge in [0.05, 0.1) is 6.04 Å². The summed E-state index contributed by atoms with van der Waals surface area (Å²) in [6, 6.07) is 15.1. The summed E-state index contributed by atoms with van der Waals surface area (Å²) in [4.78, 5) is 16.5. The second-order valence-corrected chi connectivity index (χ2v) is 8.33. The third kappa shape index (κ3) is 3.16. The Morgan fingerprint density at radius 3 is 2.58 bits per heavy atom. The van der Waals surface area contributed by atoms with Crippen molar-refractivity contribution in [2.45, 2.75) is 19.4 Å². The normalized spacial score (nSPS) is 16.4. The highest BCUT2D eigenvalue weighted by molar-refractivity contribution is 7.10. The van der Waals surface area contributed by atoms with E-state index in [0.29, 0.717) is 22.2 Å². The quantitative estimate of drug-likeness (QED) is 0.503. The molecule has 0 N–H and O–H groups in total. The van der Waals surface area contributed by atoms with Crippen LogP contribution in [0.5, 0.6) is 0 Å². The smallest absolute Gasteiger partial charge is 0.254 e. The van der Waals surface area contributed by atoms with Crippen LogP contribution in [0, 0.1) is 6.92 Å². The Balaban J connectivity index is 1.80. The molecule has 1 aliphatic rings. The number of amides is 1. The maximum Gasteiger partial charge on any atom is 0.254 e. The van der Waals surface area contributed by atoms with Gasteiger partial charge in [-0.25, -0.2) is 0 Å². The van der Waals surface area contributed by atoms with Crippen LogP contribution in [0.2, 0.25) is 10.0 Å². The Labute approximate surface area is 167 Å². The molecule has 26 heavy (non-hydrogen) atoms. The molecule has 132 valence electrons. The number of carbonyl (C=O) groups excluding carboxylic acids is 1. The van der Waals surface area contributed by atoms with E-state index in [1.165, 1.54) is 4.88 Å². The summed E-state index contributed by atoms with van der Waals surface area (Å²) in [5.74, 6) is 0.0258. The number of carbonyl (C=O) groups is 1. The Hall–Kier alpha value is -1.81. The lowest BCUT2D eigenvalue weighted by Crippen LogP contribution is -2.40. The van der Waals surface area contributed by atoms with Gasteiger partial charge in [-0.1, -0.05) is 47.0 Å². The van der Waals surface area contributed by atoms with Crippen LogP contribution in [-0.4, -0.2) is 17.4 Å². The summed E-state index contributed by atoms with van der Waals surface area (Å²) in [7, 11) is 0. The molecule has 4 rings (SSSR count). The molecule has 1 aliphatic heterocycles. The average Bonchev–Trinajstić information content (AvgIpc) is 3.10. The first-order chi connectivity index (χ1) is 12.5. The lowest BCUT2D eigenvalue weighted by molar-refractivity contribution is 0.0696. The van der Waals surface area contributed by atoms with E-state index in [1.54, 1.807) is 17.4 Å². The highest BCUT2D eigenvalue weighted by Crippen LogP contribution is 2.41. The van der Waals surface area contributed by atoms with E-state index < -0.39 is 0 Å². The van der Waals surface area contributed by atoms with E-state index in [9.17, 15) is 4.79 Å². The Morgan fingerprint density at radius 2 is 1.85 bits per heavy atom. The minimum Gasteiger partial charge on any atom is -0.327 e. The first-order valence-electron chi connectivity index (χ1n) is 8.43. The van der Waals surface area contributed by atoms with Gasteiger partial charge in [0.25, 0.3) is 5.91 Å². The zero-order valence-electron chi connectivity index (χ0n) is 14.2. The third-order valence-corrected chi connectivity index (χ3v) is 6.34. The molecule has 1 atom stereocenters. The monoisotopic (exact) mass is 401 g/mol. The van der Waals surface area contributed by atoms with Gasteiger partial charge in [0.2, 0.25) is 0 Å². The van der Waals surface area contributed by atoms with Crippen molar-refractivity contribution in [3.63, 3.8) is 0 Å². The van der Waals surface area contributed by atoms with Gasteiger partial charge >= 0.3 is 0 Å². The summed E-state index contributed by atoms with van der Waals surface area (Å²) in [5.41, 5.74) is 3.91. The first kappa shape index (κ1) is 17.6. The predicted molar refractivity (Wildman–Crippen MR) is 109 cm³/mol. The molecule has 1 aromatic heterocycles.